The molecular weight excluding hydrogens is 283 g/mol. The topological polar surface area (TPSA) is 49.4 Å². The number of urea groups is 1. The van der Waals surface area contributed by atoms with Gasteiger partial charge in [0.25, 0.3) is 5.91 Å². The fourth-order valence-corrected chi connectivity index (χ4v) is 2.51. The van der Waals surface area contributed by atoms with Crippen molar-refractivity contribution >= 4 is 11.9 Å². The van der Waals surface area contributed by atoms with Crippen LogP contribution in [-0.2, 0) is 17.8 Å². The van der Waals surface area contributed by atoms with Crippen LogP contribution in [0.5, 0.6) is 0 Å². The van der Waals surface area contributed by atoms with Gasteiger partial charge >= 0.3 is 6.03 Å². The molecule has 3 amide bonds. The summed E-state index contributed by atoms with van der Waals surface area (Å²) in [5.74, 6) is -0.744. The largest absolute Gasteiger partial charge is 0.325 e. The van der Waals surface area contributed by atoms with Gasteiger partial charge in [-0.05, 0) is 11.6 Å². The van der Waals surface area contributed by atoms with Crippen LogP contribution < -0.4 is 5.32 Å². The van der Waals surface area contributed by atoms with Crippen molar-refractivity contribution in [2.75, 3.05) is 0 Å². The Balaban J connectivity index is 1.73. The molecule has 4 nitrogen and oxygen atoms in total. The molecule has 1 saturated heterocycles. The fourth-order valence-electron chi connectivity index (χ4n) is 2.51. The number of nitrogens with zero attached hydrogens (tertiary/aromatic N) is 1. The lowest BCUT2D eigenvalue weighted by Crippen LogP contribution is -2.32. The lowest BCUT2D eigenvalue weighted by molar-refractivity contribution is -0.127. The molecule has 112 valence electrons. The van der Waals surface area contributed by atoms with E-state index in [2.05, 4.69) is 5.32 Å². The summed E-state index contributed by atoms with van der Waals surface area (Å²) in [5, 5.41) is 2.66. The summed E-state index contributed by atoms with van der Waals surface area (Å²) >= 11 is 0. The molecule has 22 heavy (non-hydrogen) atoms. The Morgan fingerprint density at radius 2 is 1.68 bits per heavy atom. The minimum atomic E-state index is -0.596. The van der Waals surface area contributed by atoms with E-state index in [1.807, 2.05) is 30.3 Å². The van der Waals surface area contributed by atoms with Gasteiger partial charge in [-0.15, -0.1) is 0 Å². The zero-order valence-corrected chi connectivity index (χ0v) is 11.8. The van der Waals surface area contributed by atoms with Crippen molar-refractivity contribution < 1.29 is 14.0 Å². The average molecular weight is 298 g/mol. The molecule has 1 aliphatic rings. The van der Waals surface area contributed by atoms with Crippen LogP contribution in [0.4, 0.5) is 9.18 Å². The van der Waals surface area contributed by atoms with Crippen molar-refractivity contribution in [2.24, 2.45) is 0 Å². The van der Waals surface area contributed by atoms with Gasteiger partial charge < -0.3 is 5.32 Å². The van der Waals surface area contributed by atoms with Crippen molar-refractivity contribution in [2.45, 2.75) is 19.0 Å². The summed E-state index contributed by atoms with van der Waals surface area (Å²) in [6.45, 7) is -0.0529. The molecule has 2 aromatic rings. The zero-order chi connectivity index (χ0) is 15.5. The molecule has 2 aromatic carbocycles. The van der Waals surface area contributed by atoms with Crippen LogP contribution in [0.25, 0.3) is 0 Å². The Morgan fingerprint density at radius 3 is 2.41 bits per heavy atom. The first-order valence-corrected chi connectivity index (χ1v) is 7.04. The van der Waals surface area contributed by atoms with Crippen molar-refractivity contribution in [1.29, 1.82) is 0 Å². The smallest absolute Gasteiger partial charge is 0.325 e. The lowest BCUT2D eigenvalue weighted by atomic mass is 10.1. The number of nitrogens with one attached hydrogen (secondary N) is 1. The summed E-state index contributed by atoms with van der Waals surface area (Å²) in [6.07, 6.45) is 0.430. The Morgan fingerprint density at radius 1 is 1.00 bits per heavy atom. The molecule has 0 aliphatic carbocycles. The molecule has 1 fully saturated rings. The zero-order valence-electron chi connectivity index (χ0n) is 11.8. The van der Waals surface area contributed by atoms with Gasteiger partial charge in [-0.2, -0.15) is 0 Å². The molecule has 0 saturated carbocycles. The highest BCUT2D eigenvalue weighted by Gasteiger charge is 2.38. The van der Waals surface area contributed by atoms with Gasteiger partial charge in [-0.25, -0.2) is 9.18 Å². The maximum Gasteiger partial charge on any atom is 0.325 e. The molecule has 1 aliphatic heterocycles. The van der Waals surface area contributed by atoms with Crippen LogP contribution in [-0.4, -0.2) is 22.9 Å². The number of amides is 3. The van der Waals surface area contributed by atoms with E-state index in [1.165, 1.54) is 6.07 Å². The van der Waals surface area contributed by atoms with Crippen molar-refractivity contribution in [1.82, 2.24) is 10.2 Å². The first-order chi connectivity index (χ1) is 10.6. The molecule has 1 N–H and O–H groups in total. The monoisotopic (exact) mass is 298 g/mol. The third-order valence-electron chi connectivity index (χ3n) is 3.68. The van der Waals surface area contributed by atoms with Crippen LogP contribution in [0.2, 0.25) is 0 Å². The highest BCUT2D eigenvalue weighted by molar-refractivity contribution is 6.04. The van der Waals surface area contributed by atoms with Crippen LogP contribution in [0, 0.1) is 5.82 Å². The van der Waals surface area contributed by atoms with Crippen LogP contribution in [0.15, 0.2) is 54.6 Å². The van der Waals surface area contributed by atoms with Crippen molar-refractivity contribution in [3.05, 3.63) is 71.5 Å². The molecule has 0 bridgehead atoms. The predicted molar refractivity (Wildman–Crippen MR) is 79.4 cm³/mol. The van der Waals surface area contributed by atoms with E-state index in [4.69, 9.17) is 0 Å². The summed E-state index contributed by atoms with van der Waals surface area (Å²) in [5.41, 5.74) is 1.29. The number of halogens is 1. The summed E-state index contributed by atoms with van der Waals surface area (Å²) in [6, 6.07) is 14.5. The normalized spacial score (nSPS) is 17.7. The van der Waals surface area contributed by atoms with Gasteiger partial charge in [-0.1, -0.05) is 48.5 Å². The minimum Gasteiger partial charge on any atom is -0.325 e. The molecule has 0 aromatic heterocycles. The number of carbonyl (C=O) groups is 2. The molecule has 1 atom stereocenters. The van der Waals surface area contributed by atoms with Gasteiger partial charge in [-0.3, -0.25) is 9.69 Å². The second-order valence-corrected chi connectivity index (χ2v) is 5.21. The van der Waals surface area contributed by atoms with Crippen LogP contribution in [0.3, 0.4) is 0 Å². The van der Waals surface area contributed by atoms with E-state index in [0.717, 1.165) is 10.5 Å². The molecule has 0 unspecified atom stereocenters. The minimum absolute atomic E-state index is 0.0529. The quantitative estimate of drug-likeness (QED) is 0.882. The van der Waals surface area contributed by atoms with Crippen molar-refractivity contribution in [3.63, 3.8) is 0 Å². The standard InChI is InChI=1S/C17H15FN2O2/c18-14-9-5-4-8-13(14)11-20-16(21)15(19-17(20)22)10-12-6-2-1-3-7-12/h1-9,15H,10-11H2,(H,19,22)/t15-/m1/s1. The summed E-state index contributed by atoms with van der Waals surface area (Å²) in [4.78, 5) is 25.4. The Bertz CT molecular complexity index is 703. The second kappa shape index (κ2) is 5.97. The van der Waals surface area contributed by atoms with Gasteiger partial charge in [0.15, 0.2) is 0 Å². The van der Waals surface area contributed by atoms with Gasteiger partial charge in [0, 0.05) is 12.0 Å². The molecule has 5 heteroatoms. The number of imide groups is 1. The Hall–Kier alpha value is -2.69. The van der Waals surface area contributed by atoms with Crippen LogP contribution in [0.1, 0.15) is 11.1 Å². The highest BCUT2D eigenvalue weighted by Crippen LogP contribution is 2.17. The van der Waals surface area contributed by atoms with Gasteiger partial charge in [0.05, 0.1) is 6.54 Å². The molecular formula is C17H15FN2O2. The third-order valence-corrected chi connectivity index (χ3v) is 3.68. The highest BCUT2D eigenvalue weighted by atomic mass is 19.1. The molecule has 0 radical (unpaired) electrons. The fraction of sp³-hybridized carbons (Fsp3) is 0.176. The summed E-state index contributed by atoms with van der Waals surface area (Å²) < 4.78 is 13.7. The van der Waals surface area contributed by atoms with Crippen LogP contribution >= 0.6 is 0 Å². The SMILES string of the molecule is O=C1N[C@H](Cc2ccccc2)C(=O)N1Cc1ccccc1F. The Labute approximate surface area is 127 Å². The van der Waals surface area contributed by atoms with E-state index in [9.17, 15) is 14.0 Å². The van der Waals surface area contributed by atoms with E-state index in [-0.39, 0.29) is 12.5 Å². The van der Waals surface area contributed by atoms with E-state index in [0.29, 0.717) is 12.0 Å². The third kappa shape index (κ3) is 2.83. The van der Waals surface area contributed by atoms with Gasteiger partial charge in [0.1, 0.15) is 11.9 Å². The average Bonchev–Trinajstić information content (AvgIpc) is 2.78. The maximum atomic E-state index is 13.7. The number of benzene rings is 2. The van der Waals surface area contributed by atoms with E-state index >= 15 is 0 Å². The molecule has 3 rings (SSSR count). The Kier molecular flexibility index (Phi) is 3.87. The molecule has 1 heterocycles. The van der Waals surface area contributed by atoms with Gasteiger partial charge in [0.2, 0.25) is 0 Å². The van der Waals surface area contributed by atoms with E-state index in [1.54, 1.807) is 18.2 Å². The first-order valence-electron chi connectivity index (χ1n) is 7.04. The summed E-state index contributed by atoms with van der Waals surface area (Å²) in [7, 11) is 0. The predicted octanol–water partition coefficient (Wildman–Crippen LogP) is 2.49. The number of hydrogen-bond acceptors (Lipinski definition) is 2. The van der Waals surface area contributed by atoms with Crippen molar-refractivity contribution in [3.8, 4) is 0 Å². The molecule has 0 spiro atoms. The number of rotatable bonds is 4. The number of hydrogen-bond donors (Lipinski definition) is 1. The maximum absolute atomic E-state index is 13.7. The van der Waals surface area contributed by atoms with E-state index < -0.39 is 17.9 Å². The first kappa shape index (κ1) is 14.3. The number of carbonyl (C=O) groups excluding carboxylic acids is 2. The lowest BCUT2D eigenvalue weighted by Gasteiger charge is -2.13. The second-order valence-electron chi connectivity index (χ2n) is 5.21.